The molecule has 1 rings (SSSR count). The molecule has 0 aliphatic carbocycles. The molecule has 0 fully saturated rings. The highest BCUT2D eigenvalue weighted by Crippen LogP contribution is 2.28. The molecule has 120 valence electrons. The molecule has 0 saturated heterocycles. The van der Waals surface area contributed by atoms with E-state index in [0.29, 0.717) is 23.9 Å². The normalized spacial score (nSPS) is 11.7. The molecule has 0 aliphatic heterocycles. The third-order valence-electron chi connectivity index (χ3n) is 4.03. The first-order chi connectivity index (χ1) is 10.0. The number of aromatic nitrogens is 2. The number of rotatable bonds is 8. The highest BCUT2D eigenvalue weighted by molar-refractivity contribution is 7.15. The Morgan fingerprint density at radius 2 is 1.86 bits per heavy atom. The van der Waals surface area contributed by atoms with Crippen LogP contribution < -0.4 is 10.6 Å². The van der Waals surface area contributed by atoms with Crippen LogP contribution in [0.15, 0.2) is 0 Å². The van der Waals surface area contributed by atoms with E-state index in [4.69, 9.17) is 0 Å². The maximum absolute atomic E-state index is 12.0. The van der Waals surface area contributed by atoms with Gasteiger partial charge < -0.3 is 10.4 Å². The summed E-state index contributed by atoms with van der Waals surface area (Å²) in [7, 11) is 0. The van der Waals surface area contributed by atoms with E-state index in [1.807, 2.05) is 13.8 Å². The van der Waals surface area contributed by atoms with Gasteiger partial charge in [-0.1, -0.05) is 39.0 Å². The van der Waals surface area contributed by atoms with Crippen LogP contribution in [0.4, 0.5) is 9.93 Å². The van der Waals surface area contributed by atoms with Crippen LogP contribution in [0, 0.1) is 0 Å². The fraction of sp³-hybridized carbons (Fsp3) is 0.786. The lowest BCUT2D eigenvalue weighted by Crippen LogP contribution is -2.52. The minimum atomic E-state index is -0.576. The molecule has 0 aromatic carbocycles. The van der Waals surface area contributed by atoms with Crippen molar-refractivity contribution in [3.63, 3.8) is 0 Å². The lowest BCUT2D eigenvalue weighted by Gasteiger charge is -2.30. The van der Waals surface area contributed by atoms with Crippen LogP contribution in [0.25, 0.3) is 0 Å². The van der Waals surface area contributed by atoms with E-state index in [2.05, 4.69) is 34.7 Å². The second-order valence-corrected chi connectivity index (χ2v) is 6.19. The third-order valence-corrected chi connectivity index (χ3v) is 5.03. The van der Waals surface area contributed by atoms with Crippen LogP contribution >= 0.6 is 11.3 Å². The van der Waals surface area contributed by atoms with Gasteiger partial charge in [0.1, 0.15) is 5.01 Å². The topological polar surface area (TPSA) is 87.1 Å². The van der Waals surface area contributed by atoms with Gasteiger partial charge in [-0.2, -0.15) is 0 Å². The summed E-state index contributed by atoms with van der Waals surface area (Å²) in [5.74, 6) is 0.393. The van der Waals surface area contributed by atoms with E-state index in [1.54, 1.807) is 0 Å². The average molecular weight is 314 g/mol. The second kappa shape index (κ2) is 8.29. The van der Waals surface area contributed by atoms with Gasteiger partial charge in [0, 0.05) is 5.92 Å². The Kier molecular flexibility index (Phi) is 7.04. The van der Waals surface area contributed by atoms with E-state index < -0.39 is 5.54 Å². The third kappa shape index (κ3) is 4.64. The Hall–Kier alpha value is -1.21. The zero-order valence-corrected chi connectivity index (χ0v) is 14.1. The molecule has 0 saturated carbocycles. The number of carbonyl (C=O) groups excluding carboxylic acids is 1. The number of aliphatic hydroxyl groups is 1. The van der Waals surface area contributed by atoms with Gasteiger partial charge in [-0.05, 0) is 25.7 Å². The summed E-state index contributed by atoms with van der Waals surface area (Å²) < 4.78 is 0. The van der Waals surface area contributed by atoms with Crippen LogP contribution in [0.2, 0.25) is 0 Å². The molecule has 0 aliphatic rings. The molecule has 0 bridgehead atoms. The summed E-state index contributed by atoms with van der Waals surface area (Å²) in [5, 5.41) is 24.6. The Morgan fingerprint density at radius 3 is 2.33 bits per heavy atom. The fourth-order valence-electron chi connectivity index (χ4n) is 2.15. The van der Waals surface area contributed by atoms with Crippen LogP contribution in [0.1, 0.15) is 64.3 Å². The highest BCUT2D eigenvalue weighted by atomic mass is 32.1. The maximum atomic E-state index is 12.0. The first-order valence-electron chi connectivity index (χ1n) is 7.57. The summed E-state index contributed by atoms with van der Waals surface area (Å²) in [5.41, 5.74) is -0.576. The van der Waals surface area contributed by atoms with Crippen molar-refractivity contribution in [2.75, 3.05) is 11.9 Å². The van der Waals surface area contributed by atoms with Gasteiger partial charge in [0.2, 0.25) is 5.13 Å². The van der Waals surface area contributed by atoms with Crippen molar-refractivity contribution in [3.8, 4) is 0 Å². The van der Waals surface area contributed by atoms with Crippen LogP contribution in [-0.2, 0) is 0 Å². The van der Waals surface area contributed by atoms with Crippen LogP contribution in [0.3, 0.4) is 0 Å². The minimum absolute atomic E-state index is 0.0808. The van der Waals surface area contributed by atoms with Crippen molar-refractivity contribution in [1.29, 1.82) is 0 Å². The number of urea groups is 1. The van der Waals surface area contributed by atoms with Gasteiger partial charge in [-0.3, -0.25) is 5.32 Å². The first kappa shape index (κ1) is 17.8. The first-order valence-corrected chi connectivity index (χ1v) is 8.39. The molecule has 6 nitrogen and oxygen atoms in total. The Balaban J connectivity index is 2.67. The molecule has 1 aromatic rings. The van der Waals surface area contributed by atoms with Gasteiger partial charge in [0.05, 0.1) is 12.1 Å². The number of hydrogen-bond donors (Lipinski definition) is 3. The number of carbonyl (C=O) groups is 1. The standard InChI is InChI=1S/C14H26N4O2S/c1-5-10(6-2)11-17-18-13(21-11)15-12(20)16-14(7-3,8-4)9-19/h10,19H,5-9H2,1-4H3,(H2,15,16,18,20). The average Bonchev–Trinajstić information content (AvgIpc) is 2.94. The summed E-state index contributed by atoms with van der Waals surface area (Å²) in [6.45, 7) is 8.04. The molecule has 1 heterocycles. The lowest BCUT2D eigenvalue weighted by atomic mass is 9.94. The van der Waals surface area contributed by atoms with Gasteiger partial charge in [-0.25, -0.2) is 4.79 Å². The molecule has 0 radical (unpaired) electrons. The predicted molar refractivity (Wildman–Crippen MR) is 85.8 cm³/mol. The lowest BCUT2D eigenvalue weighted by molar-refractivity contribution is 0.155. The maximum Gasteiger partial charge on any atom is 0.321 e. The molecule has 0 unspecified atom stereocenters. The molecule has 2 amide bonds. The number of nitrogens with one attached hydrogen (secondary N) is 2. The smallest absolute Gasteiger partial charge is 0.321 e. The molecule has 3 N–H and O–H groups in total. The van der Waals surface area contributed by atoms with Crippen LogP contribution in [-0.4, -0.2) is 33.5 Å². The van der Waals surface area contributed by atoms with E-state index in [1.165, 1.54) is 11.3 Å². The monoisotopic (exact) mass is 314 g/mol. The van der Waals surface area contributed by atoms with E-state index >= 15 is 0 Å². The SMILES string of the molecule is CCC(CC)c1nnc(NC(=O)NC(CC)(CC)CO)s1. The molecule has 21 heavy (non-hydrogen) atoms. The van der Waals surface area contributed by atoms with Gasteiger partial charge in [0.15, 0.2) is 0 Å². The second-order valence-electron chi connectivity index (χ2n) is 5.18. The Morgan fingerprint density at radius 1 is 1.24 bits per heavy atom. The van der Waals surface area contributed by atoms with Crippen LogP contribution in [0.5, 0.6) is 0 Å². The minimum Gasteiger partial charge on any atom is -0.394 e. The zero-order valence-electron chi connectivity index (χ0n) is 13.3. The highest BCUT2D eigenvalue weighted by Gasteiger charge is 2.27. The largest absolute Gasteiger partial charge is 0.394 e. The molecular formula is C14H26N4O2S. The van der Waals surface area contributed by atoms with Crippen molar-refractivity contribution in [2.24, 2.45) is 0 Å². The van der Waals surface area contributed by atoms with Crippen molar-refractivity contribution in [2.45, 2.75) is 64.8 Å². The molecular weight excluding hydrogens is 288 g/mol. The molecule has 0 atom stereocenters. The summed E-state index contributed by atoms with van der Waals surface area (Å²) in [6, 6.07) is -0.347. The number of amides is 2. The number of aliphatic hydroxyl groups excluding tert-OH is 1. The van der Waals surface area contributed by atoms with E-state index in [-0.39, 0.29) is 12.6 Å². The number of nitrogens with zero attached hydrogens (tertiary/aromatic N) is 2. The van der Waals surface area contributed by atoms with E-state index in [9.17, 15) is 9.90 Å². The Labute approximate surface area is 130 Å². The summed E-state index contributed by atoms with van der Waals surface area (Å²) >= 11 is 1.41. The number of anilines is 1. The molecule has 1 aromatic heterocycles. The predicted octanol–water partition coefficient (Wildman–Crippen LogP) is 3.11. The van der Waals surface area contributed by atoms with Crippen molar-refractivity contribution >= 4 is 22.5 Å². The quantitative estimate of drug-likeness (QED) is 0.688. The van der Waals surface area contributed by atoms with Gasteiger partial charge >= 0.3 is 6.03 Å². The van der Waals surface area contributed by atoms with E-state index in [0.717, 1.165) is 17.8 Å². The summed E-state index contributed by atoms with van der Waals surface area (Å²) in [4.78, 5) is 12.0. The van der Waals surface area contributed by atoms with Gasteiger partial charge in [0.25, 0.3) is 0 Å². The van der Waals surface area contributed by atoms with Crippen molar-refractivity contribution in [1.82, 2.24) is 15.5 Å². The summed E-state index contributed by atoms with van der Waals surface area (Å²) in [6.07, 6.45) is 3.36. The van der Waals surface area contributed by atoms with Crippen molar-refractivity contribution in [3.05, 3.63) is 5.01 Å². The number of hydrogen-bond acceptors (Lipinski definition) is 5. The van der Waals surface area contributed by atoms with Crippen molar-refractivity contribution < 1.29 is 9.90 Å². The zero-order chi connectivity index (χ0) is 15.9. The fourth-order valence-corrected chi connectivity index (χ4v) is 3.15. The van der Waals surface area contributed by atoms with Gasteiger partial charge in [-0.15, -0.1) is 10.2 Å². The molecule has 0 spiro atoms. The molecule has 7 heteroatoms. The Bertz CT molecular complexity index is 434.